The van der Waals surface area contributed by atoms with Crippen LogP contribution in [-0.4, -0.2) is 5.97 Å². The van der Waals surface area contributed by atoms with Crippen molar-refractivity contribution in [3.8, 4) is 5.75 Å². The highest BCUT2D eigenvalue weighted by atomic mass is 16.5. The fraction of sp³-hybridized carbons (Fsp3) is 0.591. The second kappa shape index (κ2) is 15.7. The monoisotopic (exact) mass is 346 g/mol. The first-order valence-electron chi connectivity index (χ1n) is 9.85. The van der Waals surface area contributed by atoms with Crippen molar-refractivity contribution in [3.63, 3.8) is 0 Å². The molecule has 0 N–H and O–H groups in total. The number of ether oxygens (including phenoxy) is 1. The van der Waals surface area contributed by atoms with E-state index in [1.54, 1.807) is 6.07 Å². The molecule has 0 unspecified atom stereocenters. The van der Waals surface area contributed by atoms with E-state index in [1.165, 1.54) is 57.5 Å². The van der Waals surface area contributed by atoms with Gasteiger partial charge in [-0.05, 0) is 38.5 Å². The zero-order valence-corrected chi connectivity index (χ0v) is 15.8. The molecule has 0 saturated heterocycles. The van der Waals surface area contributed by atoms with E-state index in [-0.39, 0.29) is 5.97 Å². The summed E-state index contributed by atoms with van der Waals surface area (Å²) >= 11 is 0. The van der Waals surface area contributed by atoms with Crippen molar-refractivity contribution in [2.45, 2.75) is 84.0 Å². The van der Waals surface area contributed by atoms with E-state index < -0.39 is 0 Å². The predicted molar refractivity (Wildman–Crippen MR) is 104 cm³/mol. The molecular weight excluding hydrogens is 312 g/mol. The third-order valence-electron chi connectivity index (χ3n) is 4.06. The Morgan fingerprint density at radius 2 is 1.64 bits per heavy atom. The topological polar surface area (TPSA) is 39.4 Å². The number of esters is 1. The average molecular weight is 347 g/mol. The summed E-state index contributed by atoms with van der Waals surface area (Å²) in [6, 6.07) is 1.65. The molecule has 140 valence electrons. The highest BCUT2D eigenvalue weighted by molar-refractivity contribution is 5.72. The summed E-state index contributed by atoms with van der Waals surface area (Å²) in [4.78, 5) is 11.6. The molecule has 0 atom stereocenters. The molecule has 3 nitrogen and oxygen atoms in total. The van der Waals surface area contributed by atoms with Gasteiger partial charge >= 0.3 is 5.97 Å². The van der Waals surface area contributed by atoms with Gasteiger partial charge in [0, 0.05) is 12.5 Å². The number of hydrogen-bond donors (Lipinski definition) is 0. The lowest BCUT2D eigenvalue weighted by Gasteiger charge is -2.01. The molecule has 3 heteroatoms. The van der Waals surface area contributed by atoms with Gasteiger partial charge in [-0.25, -0.2) is 0 Å². The van der Waals surface area contributed by atoms with E-state index in [0.717, 1.165) is 25.7 Å². The molecule has 1 aromatic rings. The number of carbonyl (C=O) groups excluding carboxylic acids is 1. The Balaban J connectivity index is 1.83. The van der Waals surface area contributed by atoms with Crippen molar-refractivity contribution in [3.05, 3.63) is 42.9 Å². The van der Waals surface area contributed by atoms with Crippen LogP contribution in [0.1, 0.15) is 84.0 Å². The van der Waals surface area contributed by atoms with Crippen molar-refractivity contribution in [2.24, 2.45) is 0 Å². The minimum atomic E-state index is -0.174. The van der Waals surface area contributed by atoms with Crippen molar-refractivity contribution in [1.29, 1.82) is 0 Å². The molecule has 0 saturated carbocycles. The lowest BCUT2D eigenvalue weighted by atomic mass is 10.1. The number of rotatable bonds is 15. The molecule has 0 amide bonds. The van der Waals surface area contributed by atoms with Gasteiger partial charge in [-0.2, -0.15) is 0 Å². The molecule has 1 rings (SSSR count). The number of unbranched alkanes of at least 4 members (excludes halogenated alkanes) is 8. The quantitative estimate of drug-likeness (QED) is 0.195. The summed E-state index contributed by atoms with van der Waals surface area (Å²) < 4.78 is 9.99. The molecule has 1 aromatic heterocycles. The van der Waals surface area contributed by atoms with E-state index in [1.807, 2.05) is 0 Å². The maximum Gasteiger partial charge on any atom is 0.311 e. The van der Waals surface area contributed by atoms with Crippen LogP contribution in [0, 0.1) is 0 Å². The van der Waals surface area contributed by atoms with Crippen LogP contribution in [0.3, 0.4) is 0 Å². The third-order valence-corrected chi connectivity index (χ3v) is 4.06. The molecule has 0 aromatic carbocycles. The molecular formula is C22H34O3. The number of hydrogen-bond acceptors (Lipinski definition) is 3. The van der Waals surface area contributed by atoms with Gasteiger partial charge in [0.1, 0.15) is 6.26 Å². The minimum Gasteiger partial charge on any atom is -0.469 e. The number of allylic oxidation sites excluding steroid dienone is 4. The van der Waals surface area contributed by atoms with Gasteiger partial charge in [-0.1, -0.05) is 63.3 Å². The van der Waals surface area contributed by atoms with Gasteiger partial charge in [-0.3, -0.25) is 4.79 Å². The van der Waals surface area contributed by atoms with Gasteiger partial charge in [0.15, 0.2) is 5.75 Å². The number of furan rings is 1. The summed E-state index contributed by atoms with van der Waals surface area (Å²) in [5.74, 6) is 0.319. The molecule has 0 aliphatic rings. The van der Waals surface area contributed by atoms with E-state index in [2.05, 4.69) is 31.2 Å². The predicted octanol–water partition coefficient (Wildman–Crippen LogP) is 7.00. The molecule has 1 heterocycles. The average Bonchev–Trinajstić information content (AvgIpc) is 3.11. The second-order valence-corrected chi connectivity index (χ2v) is 6.41. The molecule has 0 fully saturated rings. The lowest BCUT2D eigenvalue weighted by molar-refractivity contribution is -0.134. The summed E-state index contributed by atoms with van der Waals surface area (Å²) in [5.41, 5.74) is 0. The highest BCUT2D eigenvalue weighted by Gasteiger charge is 2.05. The Kier molecular flexibility index (Phi) is 13.4. The van der Waals surface area contributed by atoms with Crippen LogP contribution < -0.4 is 4.74 Å². The smallest absolute Gasteiger partial charge is 0.311 e. The Hall–Kier alpha value is -1.77. The largest absolute Gasteiger partial charge is 0.469 e. The maximum absolute atomic E-state index is 11.6. The van der Waals surface area contributed by atoms with Crippen LogP contribution in [0.15, 0.2) is 47.3 Å². The fourth-order valence-corrected chi connectivity index (χ4v) is 2.57. The van der Waals surface area contributed by atoms with E-state index in [4.69, 9.17) is 9.15 Å². The van der Waals surface area contributed by atoms with Crippen LogP contribution in [0.5, 0.6) is 5.75 Å². The number of carbonyl (C=O) groups is 1. The standard InChI is InChI=1S/C22H34O3/c1-2-3-4-5-6-7-8-9-10-11-12-13-14-15-16-17-22(23)25-21-18-19-24-20-21/h6-7,9-10,18-20H,2-5,8,11-17H2,1H3. The Bertz CT molecular complexity index is 471. The molecule has 0 aliphatic heterocycles. The zero-order valence-electron chi connectivity index (χ0n) is 15.8. The second-order valence-electron chi connectivity index (χ2n) is 6.41. The van der Waals surface area contributed by atoms with E-state index in [0.29, 0.717) is 12.2 Å². The van der Waals surface area contributed by atoms with Crippen molar-refractivity contribution in [2.75, 3.05) is 0 Å². The van der Waals surface area contributed by atoms with E-state index >= 15 is 0 Å². The van der Waals surface area contributed by atoms with Gasteiger partial charge in [0.2, 0.25) is 0 Å². The van der Waals surface area contributed by atoms with Crippen LogP contribution in [-0.2, 0) is 4.79 Å². The Labute approximate surface area is 153 Å². The SMILES string of the molecule is CCCCCC=CCC=CCCCCCCCC(=O)Oc1ccoc1. The van der Waals surface area contributed by atoms with Crippen molar-refractivity contribution >= 4 is 5.97 Å². The first-order valence-corrected chi connectivity index (χ1v) is 9.85. The van der Waals surface area contributed by atoms with Gasteiger partial charge in [-0.15, -0.1) is 0 Å². The van der Waals surface area contributed by atoms with Crippen LogP contribution in [0.4, 0.5) is 0 Å². The Morgan fingerprint density at radius 1 is 0.960 bits per heavy atom. The molecule has 25 heavy (non-hydrogen) atoms. The summed E-state index contributed by atoms with van der Waals surface area (Å²) in [7, 11) is 0. The van der Waals surface area contributed by atoms with Gasteiger partial charge in [0.05, 0.1) is 6.26 Å². The molecule has 0 aliphatic carbocycles. The van der Waals surface area contributed by atoms with Crippen LogP contribution in [0.25, 0.3) is 0 Å². The van der Waals surface area contributed by atoms with E-state index in [9.17, 15) is 4.79 Å². The van der Waals surface area contributed by atoms with Gasteiger partial charge < -0.3 is 9.15 Å². The van der Waals surface area contributed by atoms with Crippen molar-refractivity contribution in [1.82, 2.24) is 0 Å². The normalized spacial score (nSPS) is 11.6. The molecule has 0 spiro atoms. The minimum absolute atomic E-state index is 0.174. The van der Waals surface area contributed by atoms with Gasteiger partial charge in [0.25, 0.3) is 0 Å². The fourth-order valence-electron chi connectivity index (χ4n) is 2.57. The third kappa shape index (κ3) is 13.2. The van der Waals surface area contributed by atoms with Crippen LogP contribution in [0.2, 0.25) is 0 Å². The summed E-state index contributed by atoms with van der Waals surface area (Å²) in [5, 5.41) is 0. The summed E-state index contributed by atoms with van der Waals surface area (Å²) in [6.07, 6.45) is 25.6. The molecule has 0 radical (unpaired) electrons. The lowest BCUT2D eigenvalue weighted by Crippen LogP contribution is -2.06. The molecule has 0 bridgehead atoms. The Morgan fingerprint density at radius 3 is 2.32 bits per heavy atom. The summed E-state index contributed by atoms with van der Waals surface area (Å²) in [6.45, 7) is 2.24. The first-order chi connectivity index (χ1) is 12.3. The van der Waals surface area contributed by atoms with Crippen LogP contribution >= 0.6 is 0 Å². The van der Waals surface area contributed by atoms with Crippen molar-refractivity contribution < 1.29 is 13.9 Å². The zero-order chi connectivity index (χ0) is 18.0. The first kappa shape index (κ1) is 21.3. The highest BCUT2D eigenvalue weighted by Crippen LogP contribution is 2.13. The maximum atomic E-state index is 11.6.